The highest BCUT2D eigenvalue weighted by atomic mass is 16.5. The van der Waals surface area contributed by atoms with Gasteiger partial charge in [-0.3, -0.25) is 0 Å². The fourth-order valence-corrected chi connectivity index (χ4v) is 4.62. The van der Waals surface area contributed by atoms with Gasteiger partial charge >= 0.3 is 0 Å². The van der Waals surface area contributed by atoms with Crippen molar-refractivity contribution in [1.29, 1.82) is 0 Å². The molecule has 0 spiro atoms. The van der Waals surface area contributed by atoms with Gasteiger partial charge in [-0.25, -0.2) is 0 Å². The first-order valence-electron chi connectivity index (χ1n) is 9.38. The molecule has 1 aliphatic carbocycles. The highest BCUT2D eigenvalue weighted by Gasteiger charge is 2.44. The Kier molecular flexibility index (Phi) is 4.58. The van der Waals surface area contributed by atoms with Crippen LogP contribution in [0.4, 0.5) is 0 Å². The van der Waals surface area contributed by atoms with Crippen LogP contribution >= 0.6 is 0 Å². The summed E-state index contributed by atoms with van der Waals surface area (Å²) < 4.78 is 6.48. The molecule has 1 aromatic rings. The molecule has 0 saturated heterocycles. The van der Waals surface area contributed by atoms with E-state index >= 15 is 0 Å². The molecule has 0 N–H and O–H groups in total. The van der Waals surface area contributed by atoms with Crippen molar-refractivity contribution in [3.05, 3.63) is 41.0 Å². The van der Waals surface area contributed by atoms with E-state index in [0.29, 0.717) is 11.8 Å². The summed E-state index contributed by atoms with van der Waals surface area (Å²) in [7, 11) is 0. The van der Waals surface area contributed by atoms with Crippen molar-refractivity contribution in [1.82, 2.24) is 0 Å². The second kappa shape index (κ2) is 6.34. The summed E-state index contributed by atoms with van der Waals surface area (Å²) in [5.74, 6) is 3.12. The lowest BCUT2D eigenvalue weighted by atomic mass is 9.67. The monoisotopic (exact) mass is 312 g/mol. The maximum atomic E-state index is 6.48. The molecule has 0 aromatic heterocycles. The highest BCUT2D eigenvalue weighted by Crippen LogP contribution is 2.51. The Morgan fingerprint density at radius 2 is 2.09 bits per heavy atom. The summed E-state index contributed by atoms with van der Waals surface area (Å²) in [4.78, 5) is 0. The number of hydrogen-bond acceptors (Lipinski definition) is 1. The quantitative estimate of drug-likeness (QED) is 0.595. The normalized spacial score (nSPS) is 26.6. The van der Waals surface area contributed by atoms with Crippen LogP contribution in [0.1, 0.15) is 77.3 Å². The van der Waals surface area contributed by atoms with Gasteiger partial charge in [0.15, 0.2) is 0 Å². The second-order valence-corrected chi connectivity index (χ2v) is 8.38. The average molecular weight is 312 g/mol. The first-order valence-corrected chi connectivity index (χ1v) is 9.38. The third-order valence-electron chi connectivity index (χ3n) is 5.86. The number of ether oxygens (including phenoxy) is 1. The summed E-state index contributed by atoms with van der Waals surface area (Å²) in [6, 6.07) is 7.03. The van der Waals surface area contributed by atoms with Crippen LogP contribution in [0.3, 0.4) is 0 Å². The Bertz CT molecular complexity index is 596. The number of allylic oxidation sites excluding steroid dienone is 2. The van der Waals surface area contributed by atoms with Crippen LogP contribution in [-0.2, 0) is 6.42 Å². The Morgan fingerprint density at radius 1 is 1.30 bits per heavy atom. The van der Waals surface area contributed by atoms with E-state index in [1.807, 2.05) is 0 Å². The molecule has 126 valence electrons. The van der Waals surface area contributed by atoms with Gasteiger partial charge in [0.05, 0.1) is 0 Å². The smallest absolute Gasteiger partial charge is 0.123 e. The maximum Gasteiger partial charge on any atom is 0.123 e. The topological polar surface area (TPSA) is 9.23 Å². The third-order valence-corrected chi connectivity index (χ3v) is 5.86. The minimum absolute atomic E-state index is 0.0669. The first kappa shape index (κ1) is 16.6. The largest absolute Gasteiger partial charge is 0.487 e. The molecule has 1 heterocycles. The molecular formula is C22H32O. The van der Waals surface area contributed by atoms with Gasteiger partial charge in [-0.2, -0.15) is 0 Å². The number of hydrogen-bond donors (Lipinski definition) is 0. The van der Waals surface area contributed by atoms with E-state index in [9.17, 15) is 0 Å². The van der Waals surface area contributed by atoms with Gasteiger partial charge < -0.3 is 4.74 Å². The summed E-state index contributed by atoms with van der Waals surface area (Å²) in [5.41, 5.74) is 4.34. The molecule has 1 nitrogen and oxygen atoms in total. The molecule has 0 amide bonds. The van der Waals surface area contributed by atoms with Crippen molar-refractivity contribution < 1.29 is 4.74 Å². The van der Waals surface area contributed by atoms with Crippen molar-refractivity contribution in [3.63, 3.8) is 0 Å². The Balaban J connectivity index is 1.90. The van der Waals surface area contributed by atoms with Gasteiger partial charge in [0.2, 0.25) is 0 Å². The minimum atomic E-state index is -0.0669. The van der Waals surface area contributed by atoms with Crippen LogP contribution in [0, 0.1) is 11.8 Å². The van der Waals surface area contributed by atoms with Crippen molar-refractivity contribution in [2.24, 2.45) is 11.8 Å². The fraction of sp³-hybridized carbons (Fsp3) is 0.636. The van der Waals surface area contributed by atoms with Crippen LogP contribution in [0.25, 0.3) is 0 Å². The highest BCUT2D eigenvalue weighted by molar-refractivity contribution is 5.44. The Hall–Kier alpha value is -1.24. The first-order chi connectivity index (χ1) is 10.9. The Morgan fingerprint density at radius 3 is 2.83 bits per heavy atom. The second-order valence-electron chi connectivity index (χ2n) is 8.38. The van der Waals surface area contributed by atoms with E-state index in [1.165, 1.54) is 36.0 Å². The van der Waals surface area contributed by atoms with E-state index in [1.54, 1.807) is 0 Å². The molecule has 0 unspecified atom stereocenters. The molecule has 1 aliphatic heterocycles. The summed E-state index contributed by atoms with van der Waals surface area (Å²) in [5, 5.41) is 0. The van der Waals surface area contributed by atoms with Gasteiger partial charge in [-0.05, 0) is 69.1 Å². The molecule has 23 heavy (non-hydrogen) atoms. The van der Waals surface area contributed by atoms with Crippen LogP contribution < -0.4 is 4.74 Å². The van der Waals surface area contributed by atoms with Gasteiger partial charge in [-0.1, -0.05) is 50.5 Å². The Labute approximate surface area is 142 Å². The van der Waals surface area contributed by atoms with E-state index in [0.717, 1.165) is 24.5 Å². The number of rotatable bonds is 4. The summed E-state index contributed by atoms with van der Waals surface area (Å²) in [6.45, 7) is 11.5. The molecule has 0 radical (unpaired) electrons. The predicted octanol–water partition coefficient (Wildman–Crippen LogP) is 6.28. The lowest BCUT2D eigenvalue weighted by molar-refractivity contribution is 0.00847. The van der Waals surface area contributed by atoms with E-state index in [4.69, 9.17) is 4.74 Å². The van der Waals surface area contributed by atoms with Gasteiger partial charge in [0.25, 0.3) is 0 Å². The third kappa shape index (κ3) is 3.34. The minimum Gasteiger partial charge on any atom is -0.487 e. The SMILES string of the molecule is CCC[C@H](C)Cc1ccc2c(c1)OC(C)(C)[C@@H]1CC=C(C)C[C@@H]21. The van der Waals surface area contributed by atoms with Gasteiger partial charge in [0, 0.05) is 5.92 Å². The molecule has 1 aromatic carbocycles. The molecule has 0 bridgehead atoms. The van der Waals surface area contributed by atoms with Crippen LogP contribution in [-0.4, -0.2) is 5.60 Å². The lowest BCUT2D eigenvalue weighted by Crippen LogP contribution is -2.45. The number of benzene rings is 1. The molecule has 3 atom stereocenters. The zero-order chi connectivity index (χ0) is 16.6. The zero-order valence-corrected chi connectivity index (χ0v) is 15.5. The lowest BCUT2D eigenvalue weighted by Gasteiger charge is -2.47. The molecule has 2 aliphatic rings. The molecule has 0 fully saturated rings. The fourth-order valence-electron chi connectivity index (χ4n) is 4.62. The van der Waals surface area contributed by atoms with E-state index in [2.05, 4.69) is 58.9 Å². The average Bonchev–Trinajstić information content (AvgIpc) is 2.46. The van der Waals surface area contributed by atoms with Crippen molar-refractivity contribution >= 4 is 0 Å². The van der Waals surface area contributed by atoms with Crippen molar-refractivity contribution in [3.8, 4) is 5.75 Å². The number of fused-ring (bicyclic) bond motifs is 3. The summed E-state index contributed by atoms with van der Waals surface area (Å²) >= 11 is 0. The van der Waals surface area contributed by atoms with Crippen LogP contribution in [0.5, 0.6) is 5.75 Å². The predicted molar refractivity (Wildman–Crippen MR) is 98.1 cm³/mol. The molecule has 3 rings (SSSR count). The van der Waals surface area contributed by atoms with Crippen molar-refractivity contribution in [2.75, 3.05) is 0 Å². The molecular weight excluding hydrogens is 280 g/mol. The maximum absolute atomic E-state index is 6.48. The molecule has 0 saturated carbocycles. The summed E-state index contributed by atoms with van der Waals surface area (Å²) in [6.07, 6.45) is 8.49. The van der Waals surface area contributed by atoms with Crippen molar-refractivity contribution in [2.45, 2.75) is 78.2 Å². The molecule has 1 heteroatoms. The standard InChI is InChI=1S/C22H32O/c1-6-7-15(2)12-17-9-10-18-19-13-16(3)8-11-20(19)22(4,5)23-21(18)14-17/h8-10,14-15,19-20H,6-7,11-13H2,1-5H3/t15-,19-,20+/m0/s1. The van der Waals surface area contributed by atoms with E-state index < -0.39 is 0 Å². The zero-order valence-electron chi connectivity index (χ0n) is 15.5. The van der Waals surface area contributed by atoms with Crippen LogP contribution in [0.15, 0.2) is 29.8 Å². The van der Waals surface area contributed by atoms with Gasteiger partial charge in [0.1, 0.15) is 11.4 Å². The van der Waals surface area contributed by atoms with Crippen LogP contribution in [0.2, 0.25) is 0 Å². The van der Waals surface area contributed by atoms with E-state index in [-0.39, 0.29) is 5.60 Å². The van der Waals surface area contributed by atoms with Gasteiger partial charge in [-0.15, -0.1) is 0 Å².